The molecule has 1 aromatic heterocycles. The van der Waals surface area contributed by atoms with E-state index in [1.165, 1.54) is 74.8 Å². The van der Waals surface area contributed by atoms with E-state index < -0.39 is 40.1 Å². The molecule has 2 N–H and O–H groups in total. The van der Waals surface area contributed by atoms with Crippen molar-refractivity contribution in [2.45, 2.75) is 43.8 Å². The number of morpholine rings is 1. The molecule has 2 aliphatic rings. The zero-order valence-corrected chi connectivity index (χ0v) is 30.4. The summed E-state index contributed by atoms with van der Waals surface area (Å²) in [4.78, 5) is 23.6. The van der Waals surface area contributed by atoms with Crippen LogP contribution in [0.3, 0.4) is 0 Å². The predicted molar refractivity (Wildman–Crippen MR) is 192 cm³/mol. The SMILES string of the molecule is CN(C)S(=O)(=O)Nc1ccc2nc(-c3cccc(C(F)(F)F)c3)c(CN3CCC(N4CCOCC4)CC3)c(C(=O)NC(c3ccccc3)C(F)(F)F)c2c1. The maximum absolute atomic E-state index is 14.7. The molecule has 1 unspecified atom stereocenters. The molecular formula is C37H40F6N6O4S. The number of carbonyl (C=O) groups is 1. The molecular weight excluding hydrogens is 738 g/mol. The Balaban J connectivity index is 1.52. The lowest BCUT2D eigenvalue weighted by molar-refractivity contribution is -0.155. The largest absolute Gasteiger partial charge is 0.416 e. The number of pyridine rings is 1. The molecule has 0 spiro atoms. The van der Waals surface area contributed by atoms with Gasteiger partial charge in [-0.2, -0.15) is 39.1 Å². The minimum Gasteiger partial charge on any atom is -0.379 e. The molecule has 17 heteroatoms. The van der Waals surface area contributed by atoms with Crippen LogP contribution in [0.4, 0.5) is 32.0 Å². The Labute approximate surface area is 309 Å². The monoisotopic (exact) mass is 778 g/mol. The quantitative estimate of drug-likeness (QED) is 0.178. The highest BCUT2D eigenvalue weighted by Gasteiger charge is 2.43. The van der Waals surface area contributed by atoms with E-state index in [0.717, 1.165) is 42.4 Å². The highest BCUT2D eigenvalue weighted by Crippen LogP contribution is 2.38. The van der Waals surface area contributed by atoms with Gasteiger partial charge >= 0.3 is 22.6 Å². The van der Waals surface area contributed by atoms with E-state index in [1.54, 1.807) is 0 Å². The lowest BCUT2D eigenvalue weighted by Crippen LogP contribution is -2.48. The number of hydrogen-bond donors (Lipinski definition) is 2. The minimum absolute atomic E-state index is 0.00629. The molecule has 3 heterocycles. The van der Waals surface area contributed by atoms with Crippen LogP contribution in [0.2, 0.25) is 0 Å². The number of amides is 1. The van der Waals surface area contributed by atoms with Crippen LogP contribution in [0, 0.1) is 0 Å². The van der Waals surface area contributed by atoms with Crippen LogP contribution in [0.1, 0.15) is 45.9 Å². The highest BCUT2D eigenvalue weighted by molar-refractivity contribution is 7.90. The number of likely N-dealkylation sites (tertiary alicyclic amines) is 1. The molecule has 0 aliphatic carbocycles. The Morgan fingerprint density at radius 2 is 1.61 bits per heavy atom. The van der Waals surface area contributed by atoms with Gasteiger partial charge in [0.25, 0.3) is 5.91 Å². The highest BCUT2D eigenvalue weighted by atomic mass is 32.2. The second-order valence-electron chi connectivity index (χ2n) is 13.5. The summed E-state index contributed by atoms with van der Waals surface area (Å²) in [5.41, 5.74) is -1.33. The van der Waals surface area contributed by atoms with Crippen LogP contribution < -0.4 is 10.0 Å². The predicted octanol–water partition coefficient (Wildman–Crippen LogP) is 6.47. The summed E-state index contributed by atoms with van der Waals surface area (Å²) in [6.45, 7) is 3.83. The Kier molecular flexibility index (Phi) is 11.5. The number of ether oxygens (including phenoxy) is 1. The maximum Gasteiger partial charge on any atom is 0.416 e. The zero-order chi connectivity index (χ0) is 38.8. The van der Waals surface area contributed by atoms with Gasteiger partial charge in [0.2, 0.25) is 0 Å². The number of benzene rings is 3. The zero-order valence-electron chi connectivity index (χ0n) is 29.5. The van der Waals surface area contributed by atoms with Crippen LogP contribution in [0.25, 0.3) is 22.2 Å². The lowest BCUT2D eigenvalue weighted by Gasteiger charge is -2.40. The molecule has 54 heavy (non-hydrogen) atoms. The fraction of sp³-hybridized carbons (Fsp3) is 0.405. The molecule has 0 bridgehead atoms. The van der Waals surface area contributed by atoms with Crippen molar-refractivity contribution in [3.05, 3.63) is 95.1 Å². The summed E-state index contributed by atoms with van der Waals surface area (Å²) in [5.74, 6) is -1.16. The standard InChI is InChI=1S/C37H40F6N6O4S/c1-47(2)54(51,52)46-27-11-12-31-29(22-27)32(35(50)45-34(37(41,42)43)24-7-4-3-5-8-24)30(33(44-31)25-9-6-10-26(21-25)36(38,39)40)23-48-15-13-28(14-16-48)49-17-19-53-20-18-49/h3-12,21-22,28,34,46H,13-20,23H2,1-2H3,(H,45,50). The summed E-state index contributed by atoms with van der Waals surface area (Å²) in [6, 6.07) is 13.0. The van der Waals surface area contributed by atoms with E-state index in [1.807, 2.05) is 4.90 Å². The molecule has 6 rings (SSSR count). The first-order valence-electron chi connectivity index (χ1n) is 17.3. The molecule has 2 saturated heterocycles. The minimum atomic E-state index is -4.93. The van der Waals surface area contributed by atoms with Gasteiger partial charge in [-0.1, -0.05) is 42.5 Å². The smallest absolute Gasteiger partial charge is 0.379 e. The summed E-state index contributed by atoms with van der Waals surface area (Å²) < 4.78 is 120. The van der Waals surface area contributed by atoms with Gasteiger partial charge in [0.15, 0.2) is 6.04 Å². The van der Waals surface area contributed by atoms with Gasteiger partial charge in [0, 0.05) is 56.3 Å². The van der Waals surface area contributed by atoms with E-state index in [0.29, 0.717) is 26.3 Å². The van der Waals surface area contributed by atoms with Gasteiger partial charge in [-0.15, -0.1) is 0 Å². The maximum atomic E-state index is 14.7. The van der Waals surface area contributed by atoms with Crippen LogP contribution in [-0.2, 0) is 27.7 Å². The summed E-state index contributed by atoms with van der Waals surface area (Å²) >= 11 is 0. The van der Waals surface area contributed by atoms with Crippen LogP contribution in [0.5, 0.6) is 0 Å². The van der Waals surface area contributed by atoms with Crippen molar-refractivity contribution in [3.63, 3.8) is 0 Å². The van der Waals surface area contributed by atoms with Crippen molar-refractivity contribution >= 4 is 32.7 Å². The molecule has 3 aromatic carbocycles. The number of piperidine rings is 1. The number of hydrogen-bond acceptors (Lipinski definition) is 7. The number of rotatable bonds is 10. The number of alkyl halides is 6. The number of aromatic nitrogens is 1. The van der Waals surface area contributed by atoms with E-state index >= 15 is 0 Å². The first-order chi connectivity index (χ1) is 25.5. The van der Waals surface area contributed by atoms with Gasteiger partial charge in [-0.25, -0.2) is 4.98 Å². The Morgan fingerprint density at radius 3 is 2.24 bits per heavy atom. The van der Waals surface area contributed by atoms with Crippen LogP contribution in [0.15, 0.2) is 72.8 Å². The topological polar surface area (TPSA) is 107 Å². The van der Waals surface area contributed by atoms with Gasteiger partial charge in [-0.3, -0.25) is 19.3 Å². The summed E-state index contributed by atoms with van der Waals surface area (Å²) in [7, 11) is -1.46. The average molecular weight is 779 g/mol. The van der Waals surface area contributed by atoms with E-state index in [4.69, 9.17) is 9.72 Å². The van der Waals surface area contributed by atoms with Gasteiger partial charge < -0.3 is 10.1 Å². The number of nitrogens with one attached hydrogen (secondary N) is 2. The Bertz CT molecular complexity index is 2070. The second-order valence-corrected chi connectivity index (χ2v) is 15.4. The second kappa shape index (κ2) is 15.8. The van der Waals surface area contributed by atoms with Crippen LogP contribution in [-0.4, -0.2) is 99.1 Å². The third-order valence-corrected chi connectivity index (χ3v) is 11.2. The van der Waals surface area contributed by atoms with Gasteiger partial charge in [0.1, 0.15) is 0 Å². The molecule has 2 aliphatic heterocycles. The van der Waals surface area contributed by atoms with Crippen molar-refractivity contribution in [2.75, 3.05) is 58.2 Å². The van der Waals surface area contributed by atoms with Crippen molar-refractivity contribution in [1.29, 1.82) is 0 Å². The molecule has 1 atom stereocenters. The van der Waals surface area contributed by atoms with Gasteiger partial charge in [-0.05, 0) is 61.8 Å². The molecule has 0 radical (unpaired) electrons. The van der Waals surface area contributed by atoms with Crippen molar-refractivity contribution in [3.8, 4) is 11.3 Å². The van der Waals surface area contributed by atoms with Crippen molar-refractivity contribution in [1.82, 2.24) is 24.4 Å². The molecule has 4 aromatic rings. The van der Waals surface area contributed by atoms with Crippen LogP contribution >= 0.6 is 0 Å². The fourth-order valence-corrected chi connectivity index (χ4v) is 7.52. The third-order valence-electron chi connectivity index (χ3n) is 9.74. The first kappa shape index (κ1) is 39.4. The first-order valence-corrected chi connectivity index (χ1v) is 18.8. The number of fused-ring (bicyclic) bond motifs is 1. The molecule has 2 fully saturated rings. The Morgan fingerprint density at radius 1 is 0.926 bits per heavy atom. The van der Waals surface area contributed by atoms with E-state index in [-0.39, 0.29) is 57.1 Å². The van der Waals surface area contributed by atoms with Crippen molar-refractivity contribution < 1.29 is 44.3 Å². The fourth-order valence-electron chi connectivity index (χ4n) is 6.91. The Hall–Kier alpha value is -4.29. The van der Waals surface area contributed by atoms with E-state index in [9.17, 15) is 39.6 Å². The number of anilines is 1. The summed E-state index contributed by atoms with van der Waals surface area (Å²) in [5, 5.41) is 2.16. The van der Waals surface area contributed by atoms with Crippen molar-refractivity contribution in [2.24, 2.45) is 0 Å². The lowest BCUT2D eigenvalue weighted by atomic mass is 9.93. The summed E-state index contributed by atoms with van der Waals surface area (Å²) in [6.07, 6.45) is -8.18. The average Bonchev–Trinajstić information content (AvgIpc) is 3.13. The van der Waals surface area contributed by atoms with Gasteiger partial charge in [0.05, 0.1) is 41.2 Å². The van der Waals surface area contributed by atoms with E-state index in [2.05, 4.69) is 14.9 Å². The molecule has 290 valence electrons. The molecule has 0 saturated carbocycles. The normalized spacial score (nSPS) is 17.5. The number of carbonyl (C=O) groups excluding carboxylic acids is 1. The number of halogens is 6. The molecule has 1 amide bonds. The number of nitrogens with zero attached hydrogens (tertiary/aromatic N) is 4. The molecule has 10 nitrogen and oxygen atoms in total. The third kappa shape index (κ3) is 8.97.